The maximum absolute atomic E-state index is 12.2. The lowest BCUT2D eigenvalue weighted by molar-refractivity contribution is 0.0531. The molecule has 0 spiro atoms. The van der Waals surface area contributed by atoms with Crippen LogP contribution in [0.25, 0.3) is 21.1 Å². The van der Waals surface area contributed by atoms with Crippen LogP contribution in [-0.4, -0.2) is 32.5 Å². The average molecular weight is 452 g/mol. The number of nitrogen functional groups attached to an aromatic ring is 1. The fraction of sp³-hybridized carbons (Fsp3) is 0.318. The third-order valence-electron chi connectivity index (χ3n) is 5.19. The van der Waals surface area contributed by atoms with Gasteiger partial charge in [0.25, 0.3) is 0 Å². The number of para-hydroxylation sites is 1. The Labute approximate surface area is 187 Å². The van der Waals surface area contributed by atoms with Crippen LogP contribution in [0.1, 0.15) is 52.6 Å². The first-order valence-electron chi connectivity index (χ1n) is 10.2. The Kier molecular flexibility index (Phi) is 5.23. The van der Waals surface area contributed by atoms with E-state index in [1.807, 2.05) is 31.2 Å². The number of rotatable bonds is 6. The SMILES string of the molecule is CCOC(=O)c1sc2nc(CSc3nc(C4CC4)nc4ccccc34)nc(N)c2c1C. The predicted molar refractivity (Wildman–Crippen MR) is 124 cm³/mol. The third kappa shape index (κ3) is 3.83. The molecule has 1 fully saturated rings. The highest BCUT2D eigenvalue weighted by Crippen LogP contribution is 2.40. The van der Waals surface area contributed by atoms with Crippen molar-refractivity contribution in [2.45, 2.75) is 43.4 Å². The van der Waals surface area contributed by atoms with Crippen molar-refractivity contribution >= 4 is 56.0 Å². The summed E-state index contributed by atoms with van der Waals surface area (Å²) in [6.07, 6.45) is 2.30. The number of hydrogen-bond acceptors (Lipinski definition) is 9. The minimum atomic E-state index is -0.349. The molecule has 3 aromatic heterocycles. The normalized spacial score (nSPS) is 13.7. The van der Waals surface area contributed by atoms with E-state index >= 15 is 0 Å². The molecule has 1 saturated carbocycles. The van der Waals surface area contributed by atoms with Crippen molar-refractivity contribution in [1.29, 1.82) is 0 Å². The molecule has 0 radical (unpaired) electrons. The minimum absolute atomic E-state index is 0.325. The van der Waals surface area contributed by atoms with Crippen molar-refractivity contribution in [3.05, 3.63) is 46.4 Å². The fourth-order valence-electron chi connectivity index (χ4n) is 3.50. The molecular formula is C22H21N5O2S2. The molecule has 5 rings (SSSR count). The fourth-order valence-corrected chi connectivity index (χ4v) is 5.49. The van der Waals surface area contributed by atoms with Gasteiger partial charge in [-0.25, -0.2) is 24.7 Å². The van der Waals surface area contributed by atoms with Crippen LogP contribution in [0.2, 0.25) is 0 Å². The van der Waals surface area contributed by atoms with Gasteiger partial charge in [0.1, 0.15) is 32.2 Å². The summed E-state index contributed by atoms with van der Waals surface area (Å²) in [5, 5.41) is 2.69. The van der Waals surface area contributed by atoms with Crippen LogP contribution < -0.4 is 5.73 Å². The van der Waals surface area contributed by atoms with Gasteiger partial charge in [-0.05, 0) is 38.3 Å². The number of nitrogens with zero attached hydrogens (tertiary/aromatic N) is 4. The number of esters is 1. The molecule has 31 heavy (non-hydrogen) atoms. The summed E-state index contributed by atoms with van der Waals surface area (Å²) >= 11 is 2.88. The lowest BCUT2D eigenvalue weighted by Gasteiger charge is -2.08. The van der Waals surface area contributed by atoms with Gasteiger partial charge >= 0.3 is 5.97 Å². The summed E-state index contributed by atoms with van der Waals surface area (Å²) in [4.78, 5) is 32.2. The number of ether oxygens (including phenoxy) is 1. The van der Waals surface area contributed by atoms with Crippen LogP contribution in [0, 0.1) is 6.92 Å². The number of thiophene rings is 1. The quantitative estimate of drug-likeness (QED) is 0.251. The summed E-state index contributed by atoms with van der Waals surface area (Å²) in [7, 11) is 0. The zero-order valence-corrected chi connectivity index (χ0v) is 18.8. The summed E-state index contributed by atoms with van der Waals surface area (Å²) in [5.41, 5.74) is 7.98. The molecule has 0 saturated heterocycles. The molecule has 0 atom stereocenters. The number of nitrogens with two attached hydrogens (primary N) is 1. The molecule has 1 aliphatic rings. The zero-order valence-electron chi connectivity index (χ0n) is 17.2. The first-order chi connectivity index (χ1) is 15.0. The van der Waals surface area contributed by atoms with Crippen molar-refractivity contribution in [2.75, 3.05) is 12.3 Å². The Balaban J connectivity index is 1.47. The van der Waals surface area contributed by atoms with Crippen LogP contribution in [0.5, 0.6) is 0 Å². The number of carbonyl (C=O) groups excluding carboxylic acids is 1. The van der Waals surface area contributed by atoms with Crippen molar-refractivity contribution < 1.29 is 9.53 Å². The smallest absolute Gasteiger partial charge is 0.348 e. The first kappa shape index (κ1) is 20.1. The van der Waals surface area contributed by atoms with E-state index in [1.54, 1.807) is 18.7 Å². The summed E-state index contributed by atoms with van der Waals surface area (Å²) in [5.74, 6) is 2.57. The van der Waals surface area contributed by atoms with Gasteiger partial charge < -0.3 is 10.5 Å². The number of aromatic nitrogens is 4. The number of carbonyl (C=O) groups is 1. The maximum atomic E-state index is 12.2. The van der Waals surface area contributed by atoms with Crippen LogP contribution in [0.4, 0.5) is 5.82 Å². The molecule has 3 heterocycles. The Morgan fingerprint density at radius 2 is 2.03 bits per heavy atom. The molecule has 1 aliphatic carbocycles. The Hall–Kier alpha value is -2.78. The first-order valence-corrected chi connectivity index (χ1v) is 12.0. The lowest BCUT2D eigenvalue weighted by atomic mass is 10.2. The second-order valence-corrected chi connectivity index (χ2v) is 9.41. The van der Waals surface area contributed by atoms with E-state index < -0.39 is 0 Å². The molecule has 0 bridgehead atoms. The van der Waals surface area contributed by atoms with Gasteiger partial charge in [0, 0.05) is 11.3 Å². The van der Waals surface area contributed by atoms with Gasteiger partial charge in [0.2, 0.25) is 0 Å². The number of fused-ring (bicyclic) bond motifs is 2. The van der Waals surface area contributed by atoms with Crippen LogP contribution >= 0.6 is 23.1 Å². The highest BCUT2D eigenvalue weighted by Gasteiger charge is 2.27. The van der Waals surface area contributed by atoms with Crippen molar-refractivity contribution in [3.63, 3.8) is 0 Å². The van der Waals surface area contributed by atoms with Crippen molar-refractivity contribution in [2.24, 2.45) is 0 Å². The Morgan fingerprint density at radius 3 is 2.81 bits per heavy atom. The minimum Gasteiger partial charge on any atom is -0.462 e. The van der Waals surface area contributed by atoms with Gasteiger partial charge in [0.15, 0.2) is 0 Å². The molecule has 7 nitrogen and oxygen atoms in total. The summed E-state index contributed by atoms with van der Waals surface area (Å²) < 4.78 is 5.15. The number of aryl methyl sites for hydroxylation is 1. The predicted octanol–water partition coefficient (Wildman–Crippen LogP) is 4.87. The van der Waals surface area contributed by atoms with E-state index in [0.717, 1.165) is 45.5 Å². The van der Waals surface area contributed by atoms with Gasteiger partial charge in [-0.2, -0.15) is 0 Å². The monoisotopic (exact) mass is 451 g/mol. The van der Waals surface area contributed by atoms with E-state index in [-0.39, 0.29) is 5.97 Å². The van der Waals surface area contributed by atoms with Gasteiger partial charge in [-0.1, -0.05) is 30.0 Å². The second-order valence-electron chi connectivity index (χ2n) is 7.45. The molecule has 9 heteroatoms. The van der Waals surface area contributed by atoms with E-state index in [1.165, 1.54) is 11.3 Å². The van der Waals surface area contributed by atoms with E-state index in [0.29, 0.717) is 39.6 Å². The van der Waals surface area contributed by atoms with Crippen LogP contribution in [-0.2, 0) is 10.5 Å². The van der Waals surface area contributed by atoms with Crippen molar-refractivity contribution in [1.82, 2.24) is 19.9 Å². The van der Waals surface area contributed by atoms with E-state index in [9.17, 15) is 4.79 Å². The standard InChI is InChI=1S/C22H21N5O2S2/c1-3-29-22(28)17-11(2)16-18(23)25-15(26-21(16)31-17)10-30-20-13-6-4-5-7-14(13)24-19(27-20)12-8-9-12/h4-7,12H,3,8-10H2,1-2H3,(H2,23,25,26). The molecule has 4 aromatic rings. The third-order valence-corrected chi connectivity index (χ3v) is 7.34. The van der Waals surface area contributed by atoms with Gasteiger partial charge in [-0.15, -0.1) is 11.3 Å². The summed E-state index contributed by atoms with van der Waals surface area (Å²) in [6, 6.07) is 8.07. The van der Waals surface area contributed by atoms with Gasteiger partial charge in [0.05, 0.1) is 23.3 Å². The maximum Gasteiger partial charge on any atom is 0.348 e. The lowest BCUT2D eigenvalue weighted by Crippen LogP contribution is -2.04. The molecule has 1 aromatic carbocycles. The second kappa shape index (κ2) is 8.05. The molecule has 0 aliphatic heterocycles. The Morgan fingerprint density at radius 1 is 1.23 bits per heavy atom. The largest absolute Gasteiger partial charge is 0.462 e. The molecular weight excluding hydrogens is 430 g/mol. The number of benzene rings is 1. The topological polar surface area (TPSA) is 104 Å². The van der Waals surface area contributed by atoms with Crippen LogP contribution in [0.3, 0.4) is 0 Å². The van der Waals surface area contributed by atoms with Crippen molar-refractivity contribution in [3.8, 4) is 0 Å². The molecule has 0 unspecified atom stereocenters. The van der Waals surface area contributed by atoms with E-state index in [4.69, 9.17) is 20.4 Å². The molecule has 0 amide bonds. The Bertz CT molecular complexity index is 1320. The molecule has 158 valence electrons. The van der Waals surface area contributed by atoms with E-state index in [2.05, 4.69) is 9.97 Å². The highest BCUT2D eigenvalue weighted by molar-refractivity contribution is 7.98. The molecule has 2 N–H and O–H groups in total. The number of hydrogen-bond donors (Lipinski definition) is 1. The highest BCUT2D eigenvalue weighted by atomic mass is 32.2. The average Bonchev–Trinajstić information content (AvgIpc) is 3.55. The van der Waals surface area contributed by atoms with Gasteiger partial charge in [-0.3, -0.25) is 0 Å². The zero-order chi connectivity index (χ0) is 21.5. The number of anilines is 1. The number of thioether (sulfide) groups is 1. The summed E-state index contributed by atoms with van der Waals surface area (Å²) in [6.45, 7) is 3.96. The van der Waals surface area contributed by atoms with Crippen LogP contribution in [0.15, 0.2) is 29.3 Å².